The Bertz CT molecular complexity index is 964. The quantitative estimate of drug-likeness (QED) is 0.516. The van der Waals surface area contributed by atoms with E-state index in [2.05, 4.69) is 46.3 Å². The molecule has 3 N–H and O–H groups in total. The lowest BCUT2D eigenvalue weighted by Gasteiger charge is -2.33. The zero-order valence-electron chi connectivity index (χ0n) is 20.5. The molecule has 2 amide bonds. The number of nitrogens with zero attached hydrogens (tertiary/aromatic N) is 3. The molecule has 0 radical (unpaired) electrons. The molecule has 0 aliphatic carbocycles. The predicted octanol–water partition coefficient (Wildman–Crippen LogP) is 1.55. The molecule has 1 aromatic heterocycles. The predicted molar refractivity (Wildman–Crippen MR) is 138 cm³/mol. The van der Waals surface area contributed by atoms with Crippen molar-refractivity contribution in [3.8, 4) is 0 Å². The molecule has 4 rings (SSSR count). The van der Waals surface area contributed by atoms with Crippen molar-refractivity contribution in [3.05, 3.63) is 57.8 Å². The van der Waals surface area contributed by atoms with Crippen molar-refractivity contribution in [2.75, 3.05) is 59.0 Å². The van der Waals surface area contributed by atoms with Crippen LogP contribution in [-0.2, 0) is 16.1 Å². The van der Waals surface area contributed by atoms with Gasteiger partial charge in [-0.05, 0) is 35.9 Å². The number of aryl methyl sites for hydroxylation is 1. The molecule has 2 atom stereocenters. The van der Waals surface area contributed by atoms with Crippen molar-refractivity contribution in [2.24, 2.45) is 5.73 Å². The number of hydrogen-bond acceptors (Lipinski definition) is 7. The maximum absolute atomic E-state index is 13.4. The zero-order valence-corrected chi connectivity index (χ0v) is 21.3. The van der Waals surface area contributed by atoms with Crippen LogP contribution in [0.2, 0.25) is 0 Å². The molecule has 35 heavy (non-hydrogen) atoms. The minimum Gasteiger partial charge on any atom is -0.379 e. The SMILES string of the molecule is Cc1ccccc1CN(CCN1CCOCC1)C1CC(C(=O)NCCN)N(C(=O)c2cccs2)C1. The van der Waals surface area contributed by atoms with Gasteiger partial charge in [-0.15, -0.1) is 11.3 Å². The molecule has 2 aliphatic heterocycles. The lowest BCUT2D eigenvalue weighted by atomic mass is 10.1. The number of benzene rings is 1. The van der Waals surface area contributed by atoms with Gasteiger partial charge in [-0.2, -0.15) is 0 Å². The maximum atomic E-state index is 13.4. The van der Waals surface area contributed by atoms with Crippen LogP contribution < -0.4 is 11.1 Å². The number of hydrogen-bond donors (Lipinski definition) is 2. The van der Waals surface area contributed by atoms with Crippen molar-refractivity contribution in [1.82, 2.24) is 20.0 Å². The highest BCUT2D eigenvalue weighted by Gasteiger charge is 2.42. The summed E-state index contributed by atoms with van der Waals surface area (Å²) in [4.78, 5) is 33.8. The minimum absolute atomic E-state index is 0.0700. The molecule has 2 unspecified atom stereocenters. The first kappa shape index (κ1) is 25.8. The lowest BCUT2D eigenvalue weighted by molar-refractivity contribution is -0.124. The average molecular weight is 500 g/mol. The van der Waals surface area contributed by atoms with Gasteiger partial charge < -0.3 is 20.7 Å². The number of carbonyl (C=O) groups is 2. The molecule has 0 bridgehead atoms. The Morgan fingerprint density at radius 2 is 2.00 bits per heavy atom. The van der Waals surface area contributed by atoms with Gasteiger partial charge in [-0.3, -0.25) is 19.4 Å². The van der Waals surface area contributed by atoms with E-state index in [9.17, 15) is 9.59 Å². The van der Waals surface area contributed by atoms with Crippen LogP contribution >= 0.6 is 11.3 Å². The Morgan fingerprint density at radius 3 is 2.71 bits per heavy atom. The summed E-state index contributed by atoms with van der Waals surface area (Å²) < 4.78 is 5.51. The van der Waals surface area contributed by atoms with Crippen LogP contribution in [0, 0.1) is 6.92 Å². The van der Waals surface area contributed by atoms with E-state index >= 15 is 0 Å². The number of carbonyl (C=O) groups excluding carboxylic acids is 2. The number of nitrogens with two attached hydrogens (primary N) is 1. The first-order chi connectivity index (χ1) is 17.1. The summed E-state index contributed by atoms with van der Waals surface area (Å²) in [6.45, 7) is 9.48. The van der Waals surface area contributed by atoms with Crippen LogP contribution in [-0.4, -0.2) is 97.6 Å². The first-order valence-corrected chi connectivity index (χ1v) is 13.4. The van der Waals surface area contributed by atoms with E-state index in [-0.39, 0.29) is 17.9 Å². The van der Waals surface area contributed by atoms with Gasteiger partial charge in [0, 0.05) is 58.4 Å². The Hall–Kier alpha value is -2.30. The van der Waals surface area contributed by atoms with Crippen LogP contribution in [0.4, 0.5) is 0 Å². The second-order valence-electron chi connectivity index (χ2n) is 9.27. The third-order valence-corrected chi connectivity index (χ3v) is 7.83. The minimum atomic E-state index is -0.496. The highest BCUT2D eigenvalue weighted by molar-refractivity contribution is 7.12. The molecule has 2 saturated heterocycles. The molecule has 2 fully saturated rings. The molecular weight excluding hydrogens is 462 g/mol. The zero-order chi connectivity index (χ0) is 24.6. The second kappa shape index (κ2) is 12.6. The van der Waals surface area contributed by atoms with Gasteiger partial charge in [0.15, 0.2) is 0 Å². The van der Waals surface area contributed by atoms with Crippen molar-refractivity contribution in [3.63, 3.8) is 0 Å². The summed E-state index contributed by atoms with van der Waals surface area (Å²) in [5.41, 5.74) is 8.15. The number of thiophene rings is 1. The summed E-state index contributed by atoms with van der Waals surface area (Å²) in [7, 11) is 0. The van der Waals surface area contributed by atoms with Crippen molar-refractivity contribution in [1.29, 1.82) is 0 Å². The van der Waals surface area contributed by atoms with Crippen LogP contribution in [0.15, 0.2) is 41.8 Å². The fourth-order valence-electron chi connectivity index (χ4n) is 4.90. The highest BCUT2D eigenvalue weighted by atomic mass is 32.1. The topological polar surface area (TPSA) is 91.1 Å². The van der Waals surface area contributed by atoms with Crippen molar-refractivity contribution < 1.29 is 14.3 Å². The maximum Gasteiger partial charge on any atom is 0.264 e. The van der Waals surface area contributed by atoms with Crippen molar-refractivity contribution in [2.45, 2.75) is 32.0 Å². The molecule has 0 saturated carbocycles. The fourth-order valence-corrected chi connectivity index (χ4v) is 5.58. The van der Waals surface area contributed by atoms with Crippen LogP contribution in [0.25, 0.3) is 0 Å². The number of nitrogens with one attached hydrogen (secondary N) is 1. The van der Waals surface area contributed by atoms with Gasteiger partial charge in [0.1, 0.15) is 6.04 Å². The molecule has 8 nitrogen and oxygen atoms in total. The molecule has 190 valence electrons. The fraction of sp³-hybridized carbons (Fsp3) is 0.538. The summed E-state index contributed by atoms with van der Waals surface area (Å²) in [6.07, 6.45) is 0.614. The van der Waals surface area contributed by atoms with Gasteiger partial charge in [0.05, 0.1) is 18.1 Å². The van der Waals surface area contributed by atoms with E-state index in [1.54, 1.807) is 4.90 Å². The number of ether oxygens (including phenoxy) is 1. The normalized spacial score (nSPS) is 20.9. The second-order valence-corrected chi connectivity index (χ2v) is 10.2. The summed E-state index contributed by atoms with van der Waals surface area (Å²) in [6, 6.07) is 11.8. The van der Waals surface area contributed by atoms with E-state index in [4.69, 9.17) is 10.5 Å². The number of amides is 2. The lowest BCUT2D eigenvalue weighted by Crippen LogP contribution is -2.47. The van der Waals surface area contributed by atoms with Gasteiger partial charge >= 0.3 is 0 Å². The van der Waals surface area contributed by atoms with Crippen LogP contribution in [0.3, 0.4) is 0 Å². The molecule has 2 aliphatic rings. The van der Waals surface area contributed by atoms with Gasteiger partial charge in [-0.1, -0.05) is 30.3 Å². The van der Waals surface area contributed by atoms with E-state index in [0.717, 1.165) is 45.9 Å². The largest absolute Gasteiger partial charge is 0.379 e. The Morgan fingerprint density at radius 1 is 1.20 bits per heavy atom. The summed E-state index contributed by atoms with van der Waals surface area (Å²) >= 11 is 1.42. The average Bonchev–Trinajstić information content (AvgIpc) is 3.57. The first-order valence-electron chi connectivity index (χ1n) is 12.5. The van der Waals surface area contributed by atoms with E-state index < -0.39 is 6.04 Å². The van der Waals surface area contributed by atoms with Crippen molar-refractivity contribution >= 4 is 23.2 Å². The van der Waals surface area contributed by atoms with E-state index in [1.165, 1.54) is 22.5 Å². The number of morpholine rings is 1. The Labute approximate surface area is 212 Å². The third kappa shape index (κ3) is 6.68. The van der Waals surface area contributed by atoms with Crippen LogP contribution in [0.5, 0.6) is 0 Å². The van der Waals surface area contributed by atoms with E-state index in [1.807, 2.05) is 17.5 Å². The number of rotatable bonds is 10. The monoisotopic (exact) mass is 499 g/mol. The summed E-state index contributed by atoms with van der Waals surface area (Å²) in [5.74, 6) is -0.189. The molecular formula is C26H37N5O3S. The van der Waals surface area contributed by atoms with Crippen LogP contribution in [0.1, 0.15) is 27.2 Å². The molecule has 9 heteroatoms. The Balaban J connectivity index is 1.54. The van der Waals surface area contributed by atoms with Gasteiger partial charge in [0.2, 0.25) is 5.91 Å². The molecule has 3 heterocycles. The van der Waals surface area contributed by atoms with Gasteiger partial charge in [0.25, 0.3) is 5.91 Å². The molecule has 0 spiro atoms. The summed E-state index contributed by atoms with van der Waals surface area (Å²) in [5, 5.41) is 4.81. The van der Waals surface area contributed by atoms with E-state index in [0.29, 0.717) is 30.9 Å². The number of likely N-dealkylation sites (tertiary alicyclic amines) is 1. The standard InChI is InChI=1S/C26H37N5O3S/c1-20-5-2-3-6-21(20)18-30(11-10-29-12-14-34-15-13-29)22-17-23(25(32)28-9-8-27)31(19-22)26(33)24-7-4-16-35-24/h2-7,16,22-23H,8-15,17-19,27H2,1H3,(H,28,32). The molecule has 1 aromatic carbocycles. The third-order valence-electron chi connectivity index (χ3n) is 6.98. The molecule has 2 aromatic rings. The highest BCUT2D eigenvalue weighted by Crippen LogP contribution is 2.27. The Kier molecular flexibility index (Phi) is 9.28. The van der Waals surface area contributed by atoms with Gasteiger partial charge in [-0.25, -0.2) is 0 Å². The smallest absolute Gasteiger partial charge is 0.264 e.